The van der Waals surface area contributed by atoms with Crippen LogP contribution in [-0.2, 0) is 11.0 Å². The lowest BCUT2D eigenvalue weighted by molar-refractivity contribution is -0.137. The molecule has 0 radical (unpaired) electrons. The number of likely N-dealkylation sites (tertiary alicyclic amines) is 2. The molecule has 3 fully saturated rings. The van der Waals surface area contributed by atoms with Gasteiger partial charge in [-0.2, -0.15) is 13.2 Å². The zero-order chi connectivity index (χ0) is 24.6. The van der Waals surface area contributed by atoms with Crippen LogP contribution < -0.4 is 5.32 Å². The zero-order valence-corrected chi connectivity index (χ0v) is 19.4. The summed E-state index contributed by atoms with van der Waals surface area (Å²) in [6.07, 6.45) is 2.47. The highest BCUT2D eigenvalue weighted by molar-refractivity contribution is 5.96. The molecule has 0 spiro atoms. The van der Waals surface area contributed by atoms with Crippen LogP contribution >= 0.6 is 0 Å². The van der Waals surface area contributed by atoms with Gasteiger partial charge in [-0.3, -0.25) is 19.5 Å². The van der Waals surface area contributed by atoms with Crippen molar-refractivity contribution in [3.05, 3.63) is 65.5 Å². The predicted octanol–water partition coefficient (Wildman–Crippen LogP) is 3.84. The molecule has 6 nitrogen and oxygen atoms in total. The Hall–Kier alpha value is -2.94. The summed E-state index contributed by atoms with van der Waals surface area (Å²) in [4.78, 5) is 34.3. The number of pyridine rings is 1. The van der Waals surface area contributed by atoms with Gasteiger partial charge in [-0.1, -0.05) is 12.1 Å². The first-order valence-corrected chi connectivity index (χ1v) is 12.2. The number of aromatic nitrogens is 1. The van der Waals surface area contributed by atoms with Gasteiger partial charge in [0.05, 0.1) is 12.1 Å². The van der Waals surface area contributed by atoms with E-state index in [0.29, 0.717) is 24.5 Å². The number of amides is 2. The van der Waals surface area contributed by atoms with Crippen LogP contribution in [0.25, 0.3) is 0 Å². The van der Waals surface area contributed by atoms with Crippen molar-refractivity contribution >= 4 is 11.8 Å². The number of hydrogen-bond donors (Lipinski definition) is 1. The molecule has 2 aliphatic heterocycles. The van der Waals surface area contributed by atoms with Crippen LogP contribution in [0, 0.1) is 0 Å². The number of nitrogens with zero attached hydrogens (tertiary/aromatic N) is 3. The van der Waals surface area contributed by atoms with Gasteiger partial charge in [0.1, 0.15) is 0 Å². The van der Waals surface area contributed by atoms with E-state index in [9.17, 15) is 22.8 Å². The molecular formula is C26H29F3N4O2. The number of fused-ring (bicyclic) bond motifs is 1. The smallest absolute Gasteiger partial charge is 0.343 e. The van der Waals surface area contributed by atoms with Gasteiger partial charge < -0.3 is 10.2 Å². The molecular weight excluding hydrogens is 457 g/mol. The van der Waals surface area contributed by atoms with E-state index in [0.717, 1.165) is 56.5 Å². The summed E-state index contributed by atoms with van der Waals surface area (Å²) < 4.78 is 38.8. The Morgan fingerprint density at radius 2 is 1.83 bits per heavy atom. The summed E-state index contributed by atoms with van der Waals surface area (Å²) >= 11 is 0. The molecule has 3 aliphatic rings. The number of halogens is 3. The number of hydrogen-bond acceptors (Lipinski definition) is 4. The number of nitrogens with one attached hydrogen (secondary N) is 1. The Morgan fingerprint density at radius 1 is 1.00 bits per heavy atom. The molecule has 1 aliphatic carbocycles. The molecule has 2 amide bonds. The minimum Gasteiger partial charge on any atom is -0.343 e. The molecule has 1 aromatic carbocycles. The second-order valence-electron chi connectivity index (χ2n) is 9.72. The largest absolute Gasteiger partial charge is 0.416 e. The van der Waals surface area contributed by atoms with Crippen molar-refractivity contribution in [3.8, 4) is 0 Å². The minimum absolute atomic E-state index is 0.109. The van der Waals surface area contributed by atoms with Crippen LogP contribution in [0.15, 0.2) is 48.7 Å². The maximum atomic E-state index is 12.9. The monoisotopic (exact) mass is 486 g/mol. The third-order valence-electron chi connectivity index (χ3n) is 7.77. The van der Waals surface area contributed by atoms with Gasteiger partial charge in [0, 0.05) is 54.6 Å². The molecule has 186 valence electrons. The number of carbonyl (C=O) groups excluding carboxylic acids is 2. The normalized spacial score (nSPS) is 26.7. The number of alkyl halides is 3. The fourth-order valence-electron chi connectivity index (χ4n) is 6.12. The molecule has 1 N–H and O–H groups in total. The first-order valence-electron chi connectivity index (χ1n) is 12.2. The predicted molar refractivity (Wildman–Crippen MR) is 124 cm³/mol. The van der Waals surface area contributed by atoms with Gasteiger partial charge in [-0.05, 0) is 62.4 Å². The van der Waals surface area contributed by atoms with E-state index in [2.05, 4.69) is 21.3 Å². The van der Waals surface area contributed by atoms with Gasteiger partial charge >= 0.3 is 6.18 Å². The van der Waals surface area contributed by atoms with Gasteiger partial charge in [0.25, 0.3) is 5.91 Å². The Balaban J connectivity index is 1.15. The molecule has 0 bridgehead atoms. The standard InChI is InChI=1S/C26H29F3N4O2/c27-26(28,29)19-5-3-4-18(14-19)25(35)31-16-24(34)33-13-10-22-23(33)9-12-32(22)20-8-7-17(15-20)21-6-1-2-11-30-21/h1-6,11,14,17,20,22-23H,7-10,12-13,15-16H2,(H,31,35). The van der Waals surface area contributed by atoms with E-state index in [1.165, 1.54) is 12.1 Å². The third-order valence-corrected chi connectivity index (χ3v) is 7.77. The van der Waals surface area contributed by atoms with Crippen LogP contribution in [0.2, 0.25) is 0 Å². The first-order chi connectivity index (χ1) is 16.8. The molecule has 4 unspecified atom stereocenters. The average Bonchev–Trinajstić information content (AvgIpc) is 3.59. The zero-order valence-electron chi connectivity index (χ0n) is 19.4. The number of rotatable bonds is 5. The molecule has 2 saturated heterocycles. The van der Waals surface area contributed by atoms with Crippen molar-refractivity contribution in [1.82, 2.24) is 20.1 Å². The third kappa shape index (κ3) is 4.91. The Labute approximate surface area is 202 Å². The number of carbonyl (C=O) groups is 2. The molecule has 1 saturated carbocycles. The van der Waals surface area contributed by atoms with E-state index in [1.54, 1.807) is 0 Å². The van der Waals surface area contributed by atoms with Crippen molar-refractivity contribution in [2.24, 2.45) is 0 Å². The summed E-state index contributed by atoms with van der Waals surface area (Å²) in [5.74, 6) is -0.386. The Kier molecular flexibility index (Phi) is 6.53. The fraction of sp³-hybridized carbons (Fsp3) is 0.500. The molecule has 3 heterocycles. The van der Waals surface area contributed by atoms with Crippen molar-refractivity contribution < 1.29 is 22.8 Å². The van der Waals surface area contributed by atoms with Crippen LogP contribution in [0.1, 0.15) is 59.6 Å². The molecule has 35 heavy (non-hydrogen) atoms. The SMILES string of the molecule is O=C(NCC(=O)N1CCC2C1CCN2C1CCC(c2ccccn2)C1)c1cccc(C(F)(F)F)c1. The van der Waals surface area contributed by atoms with E-state index in [4.69, 9.17) is 0 Å². The van der Waals surface area contributed by atoms with E-state index < -0.39 is 17.6 Å². The van der Waals surface area contributed by atoms with Crippen molar-refractivity contribution in [3.63, 3.8) is 0 Å². The molecule has 2 aromatic rings. The van der Waals surface area contributed by atoms with E-state index >= 15 is 0 Å². The summed E-state index contributed by atoms with van der Waals surface area (Å²) in [5.41, 5.74) is 0.162. The molecule has 9 heteroatoms. The van der Waals surface area contributed by atoms with Crippen LogP contribution in [-0.4, -0.2) is 64.4 Å². The second-order valence-corrected chi connectivity index (χ2v) is 9.72. The molecule has 4 atom stereocenters. The highest BCUT2D eigenvalue weighted by Crippen LogP contribution is 2.41. The fourth-order valence-corrected chi connectivity index (χ4v) is 6.12. The Bertz CT molecular complexity index is 1080. The first kappa shape index (κ1) is 23.8. The van der Waals surface area contributed by atoms with E-state index in [1.807, 2.05) is 23.2 Å². The lowest BCUT2D eigenvalue weighted by atomic mass is 10.0. The highest BCUT2D eigenvalue weighted by Gasteiger charge is 2.47. The maximum absolute atomic E-state index is 12.9. The van der Waals surface area contributed by atoms with Crippen LogP contribution in [0.4, 0.5) is 13.2 Å². The van der Waals surface area contributed by atoms with Crippen LogP contribution in [0.3, 0.4) is 0 Å². The second kappa shape index (κ2) is 9.60. The van der Waals surface area contributed by atoms with Gasteiger partial charge in [0.2, 0.25) is 5.91 Å². The lowest BCUT2D eigenvalue weighted by Gasteiger charge is -2.30. The van der Waals surface area contributed by atoms with Gasteiger partial charge in [-0.15, -0.1) is 0 Å². The van der Waals surface area contributed by atoms with Gasteiger partial charge in [-0.25, -0.2) is 0 Å². The topological polar surface area (TPSA) is 65.5 Å². The Morgan fingerprint density at radius 3 is 2.60 bits per heavy atom. The van der Waals surface area contributed by atoms with E-state index in [-0.39, 0.29) is 24.1 Å². The molecule has 1 aromatic heterocycles. The maximum Gasteiger partial charge on any atom is 0.416 e. The molecule has 5 rings (SSSR count). The lowest BCUT2D eigenvalue weighted by Crippen LogP contribution is -2.45. The van der Waals surface area contributed by atoms with Crippen LogP contribution in [0.5, 0.6) is 0 Å². The summed E-state index contributed by atoms with van der Waals surface area (Å²) in [7, 11) is 0. The summed E-state index contributed by atoms with van der Waals surface area (Å²) in [6, 6.07) is 11.3. The quantitative estimate of drug-likeness (QED) is 0.698. The number of benzene rings is 1. The average molecular weight is 487 g/mol. The van der Waals surface area contributed by atoms with Gasteiger partial charge in [0.15, 0.2) is 0 Å². The minimum atomic E-state index is -4.53. The highest BCUT2D eigenvalue weighted by atomic mass is 19.4. The van der Waals surface area contributed by atoms with Crippen molar-refractivity contribution in [2.75, 3.05) is 19.6 Å². The summed E-state index contributed by atoms with van der Waals surface area (Å²) in [6.45, 7) is 1.37. The summed E-state index contributed by atoms with van der Waals surface area (Å²) in [5, 5.41) is 2.51. The van der Waals surface area contributed by atoms with Crippen molar-refractivity contribution in [1.29, 1.82) is 0 Å². The van der Waals surface area contributed by atoms with Crippen molar-refractivity contribution in [2.45, 2.75) is 62.3 Å².